The van der Waals surface area contributed by atoms with Crippen molar-refractivity contribution >= 4 is 27.9 Å². The van der Waals surface area contributed by atoms with Crippen LogP contribution in [0.2, 0.25) is 0 Å². The van der Waals surface area contributed by atoms with E-state index in [0.717, 1.165) is 0 Å². The van der Waals surface area contributed by atoms with Crippen molar-refractivity contribution in [1.82, 2.24) is 9.97 Å². The smallest absolute Gasteiger partial charge is 0.264 e. The summed E-state index contributed by atoms with van der Waals surface area (Å²) in [4.78, 5) is 12.0. The number of sulfonamides is 1. The third-order valence-electron chi connectivity index (χ3n) is 3.53. The summed E-state index contributed by atoms with van der Waals surface area (Å²) in [6.45, 7) is 0. The van der Waals surface area contributed by atoms with Crippen LogP contribution in [0.25, 0.3) is 0 Å². The summed E-state index contributed by atoms with van der Waals surface area (Å²) in [5.41, 5.74) is 1.10. The summed E-state index contributed by atoms with van der Waals surface area (Å²) < 4.78 is 32.0. The van der Waals surface area contributed by atoms with Gasteiger partial charge in [-0.05, 0) is 36.4 Å². The molecule has 138 valence electrons. The third-order valence-corrected chi connectivity index (χ3v) is 4.87. The number of anilines is 1. The fraction of sp³-hybridized carbons (Fsp3) is 0.0556. The molecule has 27 heavy (non-hydrogen) atoms. The number of phenolic OH excluding ortho intramolecular Hbond substituents is 1. The Morgan fingerprint density at radius 3 is 2.37 bits per heavy atom. The SMILES string of the molecule is COc1cnc(NS(=O)(=O)c2ccc(N=Cc3ccccc3O)cc2)nc1. The van der Waals surface area contributed by atoms with Crippen molar-refractivity contribution in [3.8, 4) is 11.5 Å². The van der Waals surface area contributed by atoms with Crippen molar-refractivity contribution in [2.45, 2.75) is 4.90 Å². The Kier molecular flexibility index (Phi) is 5.32. The number of nitrogens with zero attached hydrogens (tertiary/aromatic N) is 3. The molecule has 1 heterocycles. The first-order chi connectivity index (χ1) is 13.0. The van der Waals surface area contributed by atoms with Gasteiger partial charge in [-0.25, -0.2) is 23.1 Å². The summed E-state index contributed by atoms with van der Waals surface area (Å²) in [7, 11) is -2.37. The molecule has 0 fully saturated rings. The van der Waals surface area contributed by atoms with Gasteiger partial charge in [0.15, 0.2) is 5.75 Å². The van der Waals surface area contributed by atoms with Crippen LogP contribution in [0.3, 0.4) is 0 Å². The molecule has 0 spiro atoms. The van der Waals surface area contributed by atoms with E-state index in [0.29, 0.717) is 17.0 Å². The van der Waals surface area contributed by atoms with Crippen molar-refractivity contribution < 1.29 is 18.3 Å². The zero-order chi connectivity index (χ0) is 19.3. The summed E-state index contributed by atoms with van der Waals surface area (Å²) >= 11 is 0. The summed E-state index contributed by atoms with van der Waals surface area (Å²) in [5.74, 6) is 0.478. The molecule has 0 amide bonds. The summed E-state index contributed by atoms with van der Waals surface area (Å²) in [6.07, 6.45) is 4.23. The highest BCUT2D eigenvalue weighted by molar-refractivity contribution is 7.92. The van der Waals surface area contributed by atoms with Crippen LogP contribution in [0.15, 0.2) is 70.8 Å². The number of nitrogens with one attached hydrogen (secondary N) is 1. The van der Waals surface area contributed by atoms with Crippen molar-refractivity contribution in [2.75, 3.05) is 11.8 Å². The van der Waals surface area contributed by atoms with E-state index >= 15 is 0 Å². The minimum Gasteiger partial charge on any atom is -0.507 e. The molecule has 2 aromatic carbocycles. The maximum Gasteiger partial charge on any atom is 0.264 e. The van der Waals surface area contributed by atoms with Gasteiger partial charge in [0.05, 0.1) is 30.1 Å². The zero-order valence-corrected chi connectivity index (χ0v) is 15.1. The predicted molar refractivity (Wildman–Crippen MR) is 101 cm³/mol. The highest BCUT2D eigenvalue weighted by Gasteiger charge is 2.15. The Bertz CT molecular complexity index is 1050. The molecule has 0 saturated carbocycles. The van der Waals surface area contributed by atoms with Gasteiger partial charge in [-0.3, -0.25) is 4.99 Å². The van der Waals surface area contributed by atoms with E-state index in [1.807, 2.05) is 0 Å². The van der Waals surface area contributed by atoms with Gasteiger partial charge in [-0.15, -0.1) is 0 Å². The van der Waals surface area contributed by atoms with Crippen LogP contribution in [0, 0.1) is 0 Å². The predicted octanol–water partition coefficient (Wildman–Crippen LogP) is 2.74. The number of aliphatic imine (C=N–C) groups is 1. The molecule has 3 rings (SSSR count). The molecule has 0 radical (unpaired) electrons. The number of hydrogen-bond acceptors (Lipinski definition) is 7. The Hall–Kier alpha value is -3.46. The molecule has 0 aliphatic heterocycles. The van der Waals surface area contributed by atoms with E-state index in [1.54, 1.807) is 36.4 Å². The lowest BCUT2D eigenvalue weighted by molar-refractivity contribution is 0.411. The van der Waals surface area contributed by atoms with E-state index in [1.165, 1.54) is 37.9 Å². The van der Waals surface area contributed by atoms with Crippen LogP contribution in [0.5, 0.6) is 11.5 Å². The highest BCUT2D eigenvalue weighted by atomic mass is 32.2. The fourth-order valence-electron chi connectivity index (χ4n) is 2.11. The Morgan fingerprint density at radius 2 is 1.74 bits per heavy atom. The summed E-state index contributed by atoms with van der Waals surface area (Å²) in [5, 5.41) is 9.71. The molecule has 0 unspecified atom stereocenters. The molecule has 3 aromatic rings. The summed E-state index contributed by atoms with van der Waals surface area (Å²) in [6, 6.07) is 12.7. The lowest BCUT2D eigenvalue weighted by Crippen LogP contribution is -2.14. The number of methoxy groups -OCH3 is 1. The molecule has 0 atom stereocenters. The lowest BCUT2D eigenvalue weighted by Gasteiger charge is -2.07. The number of aromatic nitrogens is 2. The third kappa shape index (κ3) is 4.59. The van der Waals surface area contributed by atoms with Gasteiger partial charge in [-0.2, -0.15) is 0 Å². The van der Waals surface area contributed by atoms with Crippen LogP contribution in [0.4, 0.5) is 11.6 Å². The molecule has 8 nitrogen and oxygen atoms in total. The number of ether oxygens (including phenoxy) is 1. The quantitative estimate of drug-likeness (QED) is 0.632. The molecule has 0 saturated heterocycles. The van der Waals surface area contributed by atoms with Crippen LogP contribution in [-0.4, -0.2) is 36.8 Å². The van der Waals surface area contributed by atoms with Gasteiger partial charge < -0.3 is 9.84 Å². The standard InChI is InChI=1S/C18H16N4O4S/c1-26-15-11-20-18(21-12-15)22-27(24,25)16-8-6-14(7-9-16)19-10-13-4-2-3-5-17(13)23/h2-12,23H,1H3,(H,20,21,22). The van der Waals surface area contributed by atoms with Gasteiger partial charge in [0.2, 0.25) is 5.95 Å². The molecule has 0 bridgehead atoms. The van der Waals surface area contributed by atoms with Crippen LogP contribution in [0.1, 0.15) is 5.56 Å². The van der Waals surface area contributed by atoms with E-state index in [4.69, 9.17) is 4.74 Å². The van der Waals surface area contributed by atoms with Gasteiger partial charge in [0.25, 0.3) is 10.0 Å². The van der Waals surface area contributed by atoms with Gasteiger partial charge in [-0.1, -0.05) is 12.1 Å². The van der Waals surface area contributed by atoms with E-state index < -0.39 is 10.0 Å². The van der Waals surface area contributed by atoms with Gasteiger partial charge in [0.1, 0.15) is 5.75 Å². The minimum absolute atomic E-state index is 0.0448. The van der Waals surface area contributed by atoms with Gasteiger partial charge in [0, 0.05) is 11.8 Å². The average molecular weight is 384 g/mol. The molecular formula is C18H16N4O4S. The molecule has 0 aliphatic rings. The molecule has 1 aromatic heterocycles. The van der Waals surface area contributed by atoms with E-state index in [2.05, 4.69) is 19.7 Å². The Morgan fingerprint density at radius 1 is 1.07 bits per heavy atom. The molecule has 0 aliphatic carbocycles. The number of para-hydroxylation sites is 1. The second-order valence-electron chi connectivity index (χ2n) is 5.36. The maximum absolute atomic E-state index is 12.4. The zero-order valence-electron chi connectivity index (χ0n) is 14.3. The number of aromatic hydroxyl groups is 1. The first-order valence-electron chi connectivity index (χ1n) is 7.79. The Labute approximate surface area is 156 Å². The number of phenols is 1. The minimum atomic E-state index is -3.83. The molecule has 2 N–H and O–H groups in total. The lowest BCUT2D eigenvalue weighted by atomic mass is 10.2. The molecular weight excluding hydrogens is 368 g/mol. The number of benzene rings is 2. The fourth-order valence-corrected chi connectivity index (χ4v) is 3.06. The topological polar surface area (TPSA) is 114 Å². The molecule has 9 heteroatoms. The van der Waals surface area contributed by atoms with E-state index in [9.17, 15) is 13.5 Å². The second-order valence-corrected chi connectivity index (χ2v) is 7.05. The highest BCUT2D eigenvalue weighted by Crippen LogP contribution is 2.20. The normalized spacial score (nSPS) is 11.4. The first-order valence-corrected chi connectivity index (χ1v) is 9.27. The largest absolute Gasteiger partial charge is 0.507 e. The Balaban J connectivity index is 1.74. The second kappa shape index (κ2) is 7.83. The van der Waals surface area contributed by atoms with Crippen LogP contribution < -0.4 is 9.46 Å². The first kappa shape index (κ1) is 18.3. The van der Waals surface area contributed by atoms with Crippen LogP contribution >= 0.6 is 0 Å². The van der Waals surface area contributed by atoms with Gasteiger partial charge >= 0.3 is 0 Å². The van der Waals surface area contributed by atoms with Crippen molar-refractivity contribution in [1.29, 1.82) is 0 Å². The number of rotatable bonds is 6. The van der Waals surface area contributed by atoms with Crippen molar-refractivity contribution in [2.24, 2.45) is 4.99 Å². The number of hydrogen-bond donors (Lipinski definition) is 2. The van der Waals surface area contributed by atoms with Crippen molar-refractivity contribution in [3.05, 3.63) is 66.5 Å². The monoisotopic (exact) mass is 384 g/mol. The average Bonchev–Trinajstić information content (AvgIpc) is 2.68. The van der Waals surface area contributed by atoms with Crippen LogP contribution in [-0.2, 0) is 10.0 Å². The van der Waals surface area contributed by atoms with E-state index in [-0.39, 0.29) is 16.6 Å². The maximum atomic E-state index is 12.4. The van der Waals surface area contributed by atoms with Crippen molar-refractivity contribution in [3.63, 3.8) is 0 Å².